The van der Waals surface area contributed by atoms with E-state index < -0.39 is 10.8 Å². The maximum Gasteiger partial charge on any atom is 0.0725 e. The molecule has 69 heavy (non-hydrogen) atoms. The van der Waals surface area contributed by atoms with Crippen LogP contribution in [0, 0.1) is 0 Å². The van der Waals surface area contributed by atoms with Crippen molar-refractivity contribution in [3.05, 3.63) is 293 Å². The Balaban J connectivity index is 0.940. The van der Waals surface area contributed by atoms with E-state index in [9.17, 15) is 0 Å². The Morgan fingerprint density at radius 1 is 0.232 bits per heavy atom. The molecule has 0 saturated heterocycles. The zero-order valence-electron chi connectivity index (χ0n) is 37.6. The molecular formula is C68H41N. The SMILES string of the molecule is c1ccc(-n2c3ccc(-c4cccc5c4-c4ccccc4C54c5ccccc5-c5ccccc54)cc3c3cc(-c4cccc5c4-c4ccccc4C54c5ccccc5-c5ccccc54)ccc32)cc1. The lowest BCUT2D eigenvalue weighted by Gasteiger charge is -2.30. The van der Waals surface area contributed by atoms with Crippen LogP contribution < -0.4 is 0 Å². The van der Waals surface area contributed by atoms with Crippen molar-refractivity contribution in [2.45, 2.75) is 10.8 Å². The highest BCUT2D eigenvalue weighted by molar-refractivity contribution is 6.13. The lowest BCUT2D eigenvalue weighted by Crippen LogP contribution is -2.25. The molecule has 4 aliphatic carbocycles. The molecule has 2 spiro atoms. The monoisotopic (exact) mass is 871 g/mol. The van der Waals surface area contributed by atoms with Gasteiger partial charge in [0.2, 0.25) is 0 Å². The summed E-state index contributed by atoms with van der Waals surface area (Å²) < 4.78 is 2.45. The summed E-state index contributed by atoms with van der Waals surface area (Å²) in [6.07, 6.45) is 0. The summed E-state index contributed by atoms with van der Waals surface area (Å²) in [4.78, 5) is 0. The second-order valence-corrected chi connectivity index (χ2v) is 19.4. The van der Waals surface area contributed by atoms with Crippen molar-refractivity contribution in [1.82, 2.24) is 4.57 Å². The molecule has 0 N–H and O–H groups in total. The van der Waals surface area contributed by atoms with Crippen LogP contribution in [-0.2, 0) is 10.8 Å². The van der Waals surface area contributed by atoms with E-state index in [2.05, 4.69) is 253 Å². The lowest BCUT2D eigenvalue weighted by molar-refractivity contribution is 0.794. The third-order valence-corrected chi connectivity index (χ3v) is 16.4. The molecule has 16 rings (SSSR count). The molecule has 1 nitrogen and oxygen atoms in total. The summed E-state index contributed by atoms with van der Waals surface area (Å²) in [5, 5.41) is 2.48. The fourth-order valence-corrected chi connectivity index (χ4v) is 14.0. The Morgan fingerprint density at radius 3 is 0.928 bits per heavy atom. The minimum atomic E-state index is -0.396. The fourth-order valence-electron chi connectivity index (χ4n) is 14.0. The Kier molecular flexibility index (Phi) is 7.27. The maximum absolute atomic E-state index is 2.48. The number of rotatable bonds is 3. The van der Waals surface area contributed by atoms with Gasteiger partial charge in [-0.1, -0.05) is 212 Å². The molecule has 0 saturated carbocycles. The van der Waals surface area contributed by atoms with Gasteiger partial charge in [0.1, 0.15) is 0 Å². The molecule has 0 amide bonds. The van der Waals surface area contributed by atoms with Gasteiger partial charge in [-0.2, -0.15) is 0 Å². The van der Waals surface area contributed by atoms with Crippen molar-refractivity contribution < 1.29 is 0 Å². The molecule has 1 heteroatoms. The summed E-state index contributed by atoms with van der Waals surface area (Å²) in [5.74, 6) is 0. The van der Waals surface area contributed by atoms with Crippen LogP contribution in [0.1, 0.15) is 44.5 Å². The van der Waals surface area contributed by atoms with Crippen molar-refractivity contribution in [2.75, 3.05) is 0 Å². The van der Waals surface area contributed by atoms with E-state index in [0.29, 0.717) is 0 Å². The van der Waals surface area contributed by atoms with Gasteiger partial charge in [-0.3, -0.25) is 0 Å². The number of nitrogens with zero attached hydrogens (tertiary/aromatic N) is 1. The summed E-state index contributed by atoms with van der Waals surface area (Å²) in [5.41, 5.74) is 29.2. The highest BCUT2D eigenvalue weighted by Crippen LogP contribution is 2.66. The predicted molar refractivity (Wildman–Crippen MR) is 284 cm³/mol. The molecule has 4 aliphatic rings. The van der Waals surface area contributed by atoms with Gasteiger partial charge in [0, 0.05) is 16.5 Å². The van der Waals surface area contributed by atoms with Crippen molar-refractivity contribution in [2.24, 2.45) is 0 Å². The van der Waals surface area contributed by atoms with Crippen LogP contribution in [0.3, 0.4) is 0 Å². The van der Waals surface area contributed by atoms with Crippen LogP contribution in [0.5, 0.6) is 0 Å². The van der Waals surface area contributed by atoms with Crippen molar-refractivity contribution in [3.63, 3.8) is 0 Å². The molecular weight excluding hydrogens is 831 g/mol. The Morgan fingerprint density at radius 2 is 0.536 bits per heavy atom. The Labute approximate surface area is 400 Å². The second kappa shape index (κ2) is 13.4. The molecule has 0 aliphatic heterocycles. The number of hydrogen-bond acceptors (Lipinski definition) is 0. The quantitative estimate of drug-likeness (QED) is 0.167. The first-order valence-electron chi connectivity index (χ1n) is 24.3. The lowest BCUT2D eigenvalue weighted by atomic mass is 9.70. The van der Waals surface area contributed by atoms with Crippen LogP contribution in [-0.4, -0.2) is 4.57 Å². The Hall–Kier alpha value is -8.78. The van der Waals surface area contributed by atoms with Crippen molar-refractivity contribution in [3.8, 4) is 72.4 Å². The van der Waals surface area contributed by atoms with Crippen LogP contribution in [0.2, 0.25) is 0 Å². The van der Waals surface area contributed by atoms with Crippen LogP contribution >= 0.6 is 0 Å². The summed E-state index contributed by atoms with van der Waals surface area (Å²) in [6.45, 7) is 0. The second-order valence-electron chi connectivity index (χ2n) is 19.4. The molecule has 0 fully saturated rings. The van der Waals surface area contributed by atoms with Gasteiger partial charge in [-0.25, -0.2) is 0 Å². The normalized spacial score (nSPS) is 14.3. The first-order chi connectivity index (χ1) is 34.3. The predicted octanol–water partition coefficient (Wildman–Crippen LogP) is 16.8. The van der Waals surface area contributed by atoms with E-state index in [1.54, 1.807) is 0 Å². The highest BCUT2D eigenvalue weighted by atomic mass is 15.0. The minimum Gasteiger partial charge on any atom is -0.309 e. The average Bonchev–Trinajstić information content (AvgIpc) is 4.18. The first kappa shape index (κ1) is 37.3. The van der Waals surface area contributed by atoms with Crippen molar-refractivity contribution >= 4 is 21.8 Å². The molecule has 11 aromatic carbocycles. The van der Waals surface area contributed by atoms with Crippen molar-refractivity contribution in [1.29, 1.82) is 0 Å². The number of fused-ring (bicyclic) bond motifs is 23. The molecule has 318 valence electrons. The van der Waals surface area contributed by atoms with E-state index in [1.807, 2.05) is 0 Å². The topological polar surface area (TPSA) is 4.93 Å². The fraction of sp³-hybridized carbons (Fsp3) is 0.0294. The zero-order valence-corrected chi connectivity index (χ0v) is 37.6. The van der Waals surface area contributed by atoms with Gasteiger partial charge in [-0.05, 0) is 148 Å². The van der Waals surface area contributed by atoms with E-state index in [0.717, 1.165) is 5.69 Å². The van der Waals surface area contributed by atoms with Gasteiger partial charge in [0.05, 0.1) is 21.9 Å². The average molecular weight is 872 g/mol. The smallest absolute Gasteiger partial charge is 0.0725 e. The summed E-state index contributed by atoms with van der Waals surface area (Å²) in [6, 6.07) is 94.0. The summed E-state index contributed by atoms with van der Waals surface area (Å²) >= 11 is 0. The molecule has 0 bridgehead atoms. The van der Waals surface area contributed by atoms with Gasteiger partial charge in [0.15, 0.2) is 0 Å². The number of benzene rings is 11. The Bertz CT molecular complexity index is 3860. The summed E-state index contributed by atoms with van der Waals surface area (Å²) in [7, 11) is 0. The van der Waals surface area contributed by atoms with Gasteiger partial charge < -0.3 is 4.57 Å². The van der Waals surface area contributed by atoms with Gasteiger partial charge in [-0.15, -0.1) is 0 Å². The van der Waals surface area contributed by atoms with Crippen LogP contribution in [0.15, 0.2) is 249 Å². The zero-order chi connectivity index (χ0) is 45.0. The first-order valence-corrected chi connectivity index (χ1v) is 24.3. The molecule has 0 atom stereocenters. The highest BCUT2D eigenvalue weighted by Gasteiger charge is 2.53. The maximum atomic E-state index is 2.48. The van der Waals surface area contributed by atoms with Crippen LogP contribution in [0.25, 0.3) is 94.3 Å². The number of hydrogen-bond donors (Lipinski definition) is 0. The standard InChI is InChI=1S/C68H41N/c1-2-18-44(19-3-1)69-63-38-36-42(45-26-16-34-61-65(45)51-24-8-14-32-59(51)67(61)55-28-10-4-20-47(55)48-21-5-11-29-56(48)67)40-53(63)54-41-43(37-39-64(54)69)46-27-17-35-62-66(46)52-25-9-15-33-60(52)68(62)57-30-12-6-22-49(57)50-23-7-13-31-58(50)68/h1-41H. The van der Waals surface area contributed by atoms with Crippen LogP contribution in [0.4, 0.5) is 0 Å². The molecule has 12 aromatic rings. The van der Waals surface area contributed by atoms with E-state index in [1.165, 1.54) is 133 Å². The van der Waals surface area contributed by atoms with E-state index in [-0.39, 0.29) is 0 Å². The molecule has 0 unspecified atom stereocenters. The van der Waals surface area contributed by atoms with E-state index >= 15 is 0 Å². The third kappa shape index (κ3) is 4.52. The number of aromatic nitrogens is 1. The molecule has 1 aromatic heterocycles. The van der Waals surface area contributed by atoms with Gasteiger partial charge in [0.25, 0.3) is 0 Å². The number of para-hydroxylation sites is 1. The third-order valence-electron chi connectivity index (χ3n) is 16.4. The minimum absolute atomic E-state index is 0.396. The largest absolute Gasteiger partial charge is 0.309 e. The molecule has 1 heterocycles. The molecule has 0 radical (unpaired) electrons. The van der Waals surface area contributed by atoms with E-state index in [4.69, 9.17) is 0 Å². The van der Waals surface area contributed by atoms with Gasteiger partial charge >= 0.3 is 0 Å².